The highest BCUT2D eigenvalue weighted by atomic mass is 35.5. The van der Waals surface area contributed by atoms with Gasteiger partial charge in [-0.15, -0.1) is 11.6 Å². The van der Waals surface area contributed by atoms with Crippen LogP contribution in [0.3, 0.4) is 0 Å². The Morgan fingerprint density at radius 2 is 2.18 bits per heavy atom. The molecule has 0 radical (unpaired) electrons. The minimum absolute atomic E-state index is 0.127. The Labute approximate surface area is 107 Å². The second kappa shape index (κ2) is 4.63. The molecule has 0 saturated heterocycles. The quantitative estimate of drug-likeness (QED) is 0.839. The lowest BCUT2D eigenvalue weighted by Crippen LogP contribution is -2.25. The molecule has 1 heterocycles. The van der Waals surface area contributed by atoms with E-state index in [0.29, 0.717) is 10.8 Å². The van der Waals surface area contributed by atoms with Crippen LogP contribution in [-0.2, 0) is 15.9 Å². The number of halogens is 1. The van der Waals surface area contributed by atoms with Crippen molar-refractivity contribution in [3.63, 3.8) is 0 Å². The molecule has 1 aromatic rings. The van der Waals surface area contributed by atoms with Gasteiger partial charge in [-0.2, -0.15) is 0 Å². The van der Waals surface area contributed by atoms with Crippen LogP contribution in [0, 0.1) is 0 Å². The average Bonchev–Trinajstić information content (AvgIpc) is 2.93. The van der Waals surface area contributed by atoms with Gasteiger partial charge in [-0.1, -0.05) is 0 Å². The van der Waals surface area contributed by atoms with E-state index in [9.17, 15) is 8.42 Å². The number of nitrogens with zero attached hydrogens (tertiary/aromatic N) is 1. The van der Waals surface area contributed by atoms with Crippen molar-refractivity contribution in [3.8, 4) is 0 Å². The molecule has 0 unspecified atom stereocenters. The van der Waals surface area contributed by atoms with Crippen LogP contribution in [0.25, 0.3) is 0 Å². The fraction of sp³-hybridized carbons (Fsp3) is 0.636. The second-order valence-electron chi connectivity index (χ2n) is 4.70. The molecule has 4 nitrogen and oxygen atoms in total. The molecule has 0 bridgehead atoms. The third-order valence-electron chi connectivity index (χ3n) is 2.81. The van der Waals surface area contributed by atoms with E-state index in [0.717, 1.165) is 18.5 Å². The number of hydrogen-bond acceptors (Lipinski definition) is 2. The van der Waals surface area contributed by atoms with Crippen LogP contribution in [0.15, 0.2) is 17.2 Å². The molecular weight excluding hydrogens is 260 g/mol. The Morgan fingerprint density at radius 1 is 1.53 bits per heavy atom. The van der Waals surface area contributed by atoms with Crippen molar-refractivity contribution < 1.29 is 8.42 Å². The first-order valence-electron chi connectivity index (χ1n) is 5.73. The zero-order valence-corrected chi connectivity index (χ0v) is 11.6. The van der Waals surface area contributed by atoms with Crippen molar-refractivity contribution in [2.24, 2.45) is 0 Å². The van der Waals surface area contributed by atoms with E-state index in [1.807, 2.05) is 18.4 Å². The fourth-order valence-electron chi connectivity index (χ4n) is 1.72. The second-order valence-corrected chi connectivity index (χ2v) is 6.68. The first kappa shape index (κ1) is 12.9. The Hall–Kier alpha value is -0.520. The van der Waals surface area contributed by atoms with Gasteiger partial charge in [0, 0.05) is 24.0 Å². The molecule has 0 aliphatic heterocycles. The van der Waals surface area contributed by atoms with Gasteiger partial charge in [0.05, 0.1) is 10.8 Å². The van der Waals surface area contributed by atoms with Gasteiger partial charge in [-0.3, -0.25) is 0 Å². The lowest BCUT2D eigenvalue weighted by molar-refractivity contribution is 0.573. The molecule has 0 aromatic carbocycles. The molecule has 1 aliphatic rings. The molecule has 0 spiro atoms. The van der Waals surface area contributed by atoms with E-state index >= 15 is 0 Å². The van der Waals surface area contributed by atoms with Crippen LogP contribution in [0.4, 0.5) is 0 Å². The Morgan fingerprint density at radius 3 is 2.59 bits per heavy atom. The summed E-state index contributed by atoms with van der Waals surface area (Å²) in [5.41, 5.74) is 0.831. The van der Waals surface area contributed by atoms with E-state index in [4.69, 9.17) is 11.6 Å². The molecule has 1 fully saturated rings. The molecule has 17 heavy (non-hydrogen) atoms. The first-order valence-corrected chi connectivity index (χ1v) is 7.75. The topological polar surface area (TPSA) is 51.1 Å². The highest BCUT2D eigenvalue weighted by molar-refractivity contribution is 7.89. The van der Waals surface area contributed by atoms with E-state index in [2.05, 4.69) is 4.72 Å². The van der Waals surface area contributed by atoms with Crippen LogP contribution in [0.1, 0.15) is 38.4 Å². The normalized spacial score (nSPS) is 16.7. The van der Waals surface area contributed by atoms with Gasteiger partial charge < -0.3 is 4.57 Å². The Balaban J connectivity index is 2.31. The molecule has 1 aromatic heterocycles. The summed E-state index contributed by atoms with van der Waals surface area (Å²) in [6.07, 6.45) is 3.53. The number of hydrogen-bond donors (Lipinski definition) is 1. The highest BCUT2D eigenvalue weighted by Crippen LogP contribution is 2.24. The summed E-state index contributed by atoms with van der Waals surface area (Å²) in [7, 11) is -3.37. The van der Waals surface area contributed by atoms with Crippen LogP contribution in [-0.4, -0.2) is 19.0 Å². The van der Waals surface area contributed by atoms with Crippen molar-refractivity contribution in [3.05, 3.63) is 18.0 Å². The summed E-state index contributed by atoms with van der Waals surface area (Å²) in [5, 5.41) is 0. The third kappa shape index (κ3) is 2.84. The van der Waals surface area contributed by atoms with Crippen LogP contribution < -0.4 is 4.72 Å². The van der Waals surface area contributed by atoms with Crippen LogP contribution in [0.2, 0.25) is 0 Å². The molecule has 1 saturated carbocycles. The third-order valence-corrected chi connectivity index (χ3v) is 4.57. The monoisotopic (exact) mass is 276 g/mol. The molecular formula is C11H17ClN2O2S. The molecule has 1 N–H and O–H groups in total. The van der Waals surface area contributed by atoms with Crippen molar-refractivity contribution in [1.29, 1.82) is 0 Å². The molecule has 96 valence electrons. The average molecular weight is 277 g/mol. The number of sulfonamides is 1. The summed E-state index contributed by atoms with van der Waals surface area (Å²) in [6, 6.07) is 1.98. The highest BCUT2D eigenvalue weighted by Gasteiger charge is 2.29. The van der Waals surface area contributed by atoms with Gasteiger partial charge in [0.2, 0.25) is 10.0 Å². The Kier molecular flexibility index (Phi) is 3.52. The van der Waals surface area contributed by atoms with Gasteiger partial charge in [-0.05, 0) is 32.8 Å². The van der Waals surface area contributed by atoms with Crippen molar-refractivity contribution in [2.75, 3.05) is 0 Å². The zero-order valence-electron chi connectivity index (χ0n) is 9.98. The minimum atomic E-state index is -3.37. The molecule has 0 amide bonds. The standard InChI is InChI=1S/C11H17ClN2O2S/c1-8(2)14-7-11(5-10(14)6-12)17(15,16)13-9-3-4-9/h5,7-9,13H,3-4,6H2,1-2H3. The predicted molar refractivity (Wildman–Crippen MR) is 67.7 cm³/mol. The van der Waals surface area contributed by atoms with Gasteiger partial charge in [0.1, 0.15) is 0 Å². The maximum atomic E-state index is 12.0. The van der Waals surface area contributed by atoms with Crippen molar-refractivity contribution in [2.45, 2.75) is 49.5 Å². The number of alkyl halides is 1. The van der Waals surface area contributed by atoms with E-state index in [1.165, 1.54) is 0 Å². The fourth-order valence-corrected chi connectivity index (χ4v) is 3.29. The summed E-state index contributed by atoms with van der Waals surface area (Å²) in [4.78, 5) is 0.314. The summed E-state index contributed by atoms with van der Waals surface area (Å²) < 4.78 is 28.6. The summed E-state index contributed by atoms with van der Waals surface area (Å²) in [6.45, 7) is 4.00. The maximum absolute atomic E-state index is 12.0. The molecule has 6 heteroatoms. The molecule has 2 rings (SSSR count). The van der Waals surface area contributed by atoms with Gasteiger partial charge in [0.25, 0.3) is 0 Å². The Bertz CT molecular complexity index is 504. The predicted octanol–water partition coefficient (Wildman–Crippen LogP) is 2.25. The van der Waals surface area contributed by atoms with E-state index in [-0.39, 0.29) is 12.1 Å². The van der Waals surface area contributed by atoms with Gasteiger partial charge in [-0.25, -0.2) is 13.1 Å². The first-order chi connectivity index (χ1) is 7.94. The minimum Gasteiger partial charge on any atom is -0.346 e. The lowest BCUT2D eigenvalue weighted by Gasteiger charge is -2.10. The van der Waals surface area contributed by atoms with Gasteiger partial charge >= 0.3 is 0 Å². The number of rotatable bonds is 5. The van der Waals surface area contributed by atoms with Crippen LogP contribution >= 0.6 is 11.6 Å². The lowest BCUT2D eigenvalue weighted by atomic mass is 10.4. The maximum Gasteiger partial charge on any atom is 0.242 e. The summed E-state index contributed by atoms with van der Waals surface area (Å²) in [5.74, 6) is 0.317. The number of aromatic nitrogens is 1. The largest absolute Gasteiger partial charge is 0.346 e. The van der Waals surface area contributed by atoms with E-state index < -0.39 is 10.0 Å². The van der Waals surface area contributed by atoms with Crippen molar-refractivity contribution >= 4 is 21.6 Å². The zero-order chi connectivity index (χ0) is 12.6. The van der Waals surface area contributed by atoms with Crippen molar-refractivity contribution in [1.82, 2.24) is 9.29 Å². The van der Waals surface area contributed by atoms with Crippen LogP contribution in [0.5, 0.6) is 0 Å². The van der Waals surface area contributed by atoms with Gasteiger partial charge in [0.15, 0.2) is 0 Å². The number of nitrogens with one attached hydrogen (secondary N) is 1. The smallest absolute Gasteiger partial charge is 0.242 e. The molecule has 0 atom stereocenters. The SMILES string of the molecule is CC(C)n1cc(S(=O)(=O)NC2CC2)cc1CCl. The van der Waals surface area contributed by atoms with E-state index in [1.54, 1.807) is 12.3 Å². The molecule has 1 aliphatic carbocycles. The summed E-state index contributed by atoms with van der Waals surface area (Å²) >= 11 is 5.82.